The van der Waals surface area contributed by atoms with E-state index < -0.39 is 33.6 Å². The van der Waals surface area contributed by atoms with Crippen LogP contribution in [0.25, 0.3) is 0 Å². The molecule has 1 amide bonds. The summed E-state index contributed by atoms with van der Waals surface area (Å²) in [4.78, 5) is 23.7. The number of benzene rings is 3. The van der Waals surface area contributed by atoms with Crippen molar-refractivity contribution in [2.75, 3.05) is 31.0 Å². The van der Waals surface area contributed by atoms with Crippen molar-refractivity contribution in [3.05, 3.63) is 106 Å². The number of fused-ring (bicyclic) bond motifs is 1. The number of halogens is 1. The van der Waals surface area contributed by atoms with Crippen LogP contribution in [0.2, 0.25) is 5.02 Å². The number of aromatic nitrogens is 1. The summed E-state index contributed by atoms with van der Waals surface area (Å²) < 4.78 is 41.4. The molecule has 0 aliphatic carbocycles. The van der Waals surface area contributed by atoms with Gasteiger partial charge in [-0.05, 0) is 86.4 Å². The van der Waals surface area contributed by atoms with E-state index in [1.165, 1.54) is 56.0 Å². The first-order valence-electron chi connectivity index (χ1n) is 15.3. The number of aliphatic hydroxyl groups is 1. The number of hydrogen-bond acceptors (Lipinski definition) is 10. The van der Waals surface area contributed by atoms with Gasteiger partial charge in [-0.3, -0.25) is 14.6 Å². The van der Waals surface area contributed by atoms with E-state index in [4.69, 9.17) is 20.8 Å². The van der Waals surface area contributed by atoms with Crippen LogP contribution in [0.4, 0.5) is 5.69 Å². The first kappa shape index (κ1) is 31.4. The van der Waals surface area contributed by atoms with E-state index in [0.717, 1.165) is 35.8 Å². The number of carbonyl (C=O) groups is 1. The van der Waals surface area contributed by atoms with Crippen molar-refractivity contribution in [3.8, 4) is 11.8 Å². The number of β-amino-alcohol motifs (C(OH)–C–C–N with tert-alkyl or cyclic N) is 1. The number of sulfonamides is 1. The lowest BCUT2D eigenvalue weighted by atomic mass is 9.80. The van der Waals surface area contributed by atoms with Crippen LogP contribution in [0.15, 0.2) is 82.4 Å². The molecule has 1 N–H and O–H groups in total. The minimum atomic E-state index is -4.52. The number of aliphatic hydroxyl groups excluding tert-OH is 1. The fraction of sp³-hybridized carbons (Fsp3) is 0.324. The quantitative estimate of drug-likeness (QED) is 0.282. The summed E-state index contributed by atoms with van der Waals surface area (Å²) in [6.45, 7) is 2.67. The zero-order valence-electron chi connectivity index (χ0n) is 25.5. The van der Waals surface area contributed by atoms with Gasteiger partial charge in [0.1, 0.15) is 12.0 Å². The minimum Gasteiger partial charge on any atom is -0.496 e. The Bertz CT molecular complexity index is 1970. The number of carbonyl (C=O) groups excluding carboxylic acids is 1. The Balaban J connectivity index is 1.48. The predicted molar refractivity (Wildman–Crippen MR) is 172 cm³/mol. The van der Waals surface area contributed by atoms with E-state index in [1.54, 1.807) is 11.0 Å². The van der Waals surface area contributed by atoms with Gasteiger partial charge in [-0.1, -0.05) is 23.7 Å². The van der Waals surface area contributed by atoms with Crippen LogP contribution in [0.1, 0.15) is 53.4 Å². The number of amides is 1. The number of ether oxygens (including phenoxy) is 1. The molecule has 7 rings (SSSR count). The Morgan fingerprint density at radius 3 is 2.55 bits per heavy atom. The SMILES string of the molecule is COc1cc(CN2CCCC2)ccc1C1(N2CC(O)CC2c2ncco2)C(=O)N(S(=O)(=O)c2ccc(C#N)cc2)c2ccc(Cl)cc21. The molecule has 0 bridgehead atoms. The van der Waals surface area contributed by atoms with Crippen LogP contribution in [0.3, 0.4) is 0 Å². The molecule has 13 heteroatoms. The highest BCUT2D eigenvalue weighted by atomic mass is 35.5. The van der Waals surface area contributed by atoms with Crippen LogP contribution in [-0.2, 0) is 26.9 Å². The Hall–Kier alpha value is -4.25. The summed E-state index contributed by atoms with van der Waals surface area (Å²) in [5, 5.41) is 20.7. The Kier molecular flexibility index (Phi) is 8.06. The summed E-state index contributed by atoms with van der Waals surface area (Å²) in [6.07, 6.45) is 4.47. The molecule has 0 saturated carbocycles. The summed E-state index contributed by atoms with van der Waals surface area (Å²) >= 11 is 6.62. The number of nitriles is 1. The van der Waals surface area contributed by atoms with Crippen molar-refractivity contribution in [2.24, 2.45) is 0 Å². The second kappa shape index (κ2) is 12.1. The maximum absolute atomic E-state index is 15.4. The lowest BCUT2D eigenvalue weighted by molar-refractivity contribution is -0.127. The first-order valence-corrected chi connectivity index (χ1v) is 17.1. The number of rotatable bonds is 8. The predicted octanol–water partition coefficient (Wildman–Crippen LogP) is 4.59. The fourth-order valence-corrected chi connectivity index (χ4v) is 8.87. The topological polar surface area (TPSA) is 140 Å². The molecule has 3 aromatic carbocycles. The standard InChI is InChI=1S/C34H32ClN5O6S/c1-45-31-16-23(20-38-13-2-3-14-38)6-10-27(31)34(39-21-25(41)18-30(39)32-37-12-15-46-32)28-17-24(35)7-11-29(28)40(33(34)42)47(43,44)26-8-4-22(19-36)5-9-26/h4-12,15-17,25,30,41H,2-3,13-14,18,20-21H2,1H3. The van der Waals surface area contributed by atoms with Crippen molar-refractivity contribution in [1.29, 1.82) is 5.26 Å². The van der Waals surface area contributed by atoms with Crippen molar-refractivity contribution >= 4 is 33.2 Å². The van der Waals surface area contributed by atoms with Crippen LogP contribution in [0, 0.1) is 11.3 Å². The minimum absolute atomic E-state index is 0.00578. The van der Waals surface area contributed by atoms with Crippen molar-refractivity contribution < 1.29 is 27.5 Å². The molecular weight excluding hydrogens is 642 g/mol. The molecule has 3 aliphatic heterocycles. The number of hydrogen-bond donors (Lipinski definition) is 1. The monoisotopic (exact) mass is 673 g/mol. The molecule has 0 radical (unpaired) electrons. The van der Waals surface area contributed by atoms with Gasteiger partial charge in [-0.15, -0.1) is 0 Å². The Morgan fingerprint density at radius 2 is 1.87 bits per heavy atom. The molecule has 1 aromatic heterocycles. The summed E-state index contributed by atoms with van der Waals surface area (Å²) in [5.41, 5.74) is 0.224. The molecule has 4 aromatic rings. The van der Waals surface area contributed by atoms with E-state index in [9.17, 15) is 18.8 Å². The van der Waals surface area contributed by atoms with Gasteiger partial charge in [0.05, 0.1) is 47.7 Å². The summed E-state index contributed by atoms with van der Waals surface area (Å²) in [6, 6.07) is 16.9. The van der Waals surface area contributed by atoms with E-state index >= 15 is 4.79 Å². The second-order valence-corrected chi connectivity index (χ2v) is 14.3. The highest BCUT2D eigenvalue weighted by molar-refractivity contribution is 7.93. The number of methoxy groups -OCH3 is 1. The van der Waals surface area contributed by atoms with Gasteiger partial charge in [0.25, 0.3) is 15.9 Å². The molecule has 3 unspecified atom stereocenters. The van der Waals surface area contributed by atoms with Crippen LogP contribution in [-0.4, -0.2) is 67.1 Å². The molecule has 3 atom stereocenters. The molecule has 242 valence electrons. The van der Waals surface area contributed by atoms with Crippen LogP contribution in [0.5, 0.6) is 5.75 Å². The number of likely N-dealkylation sites (tertiary alicyclic amines) is 2. The largest absolute Gasteiger partial charge is 0.496 e. The third-order valence-electron chi connectivity index (χ3n) is 9.29. The first-order chi connectivity index (χ1) is 22.7. The van der Waals surface area contributed by atoms with Crippen molar-refractivity contribution in [3.63, 3.8) is 0 Å². The van der Waals surface area contributed by atoms with Gasteiger partial charge in [0.2, 0.25) is 5.89 Å². The lowest BCUT2D eigenvalue weighted by Crippen LogP contribution is -2.55. The average Bonchev–Trinajstić information content (AvgIpc) is 3.88. The molecule has 4 heterocycles. The maximum Gasteiger partial charge on any atom is 0.271 e. The molecule has 0 spiro atoms. The molecule has 2 saturated heterocycles. The fourth-order valence-electron chi connectivity index (χ4n) is 7.23. The van der Waals surface area contributed by atoms with E-state index in [-0.39, 0.29) is 40.0 Å². The van der Waals surface area contributed by atoms with E-state index in [0.29, 0.717) is 23.4 Å². The van der Waals surface area contributed by atoms with Crippen LogP contribution >= 0.6 is 11.6 Å². The van der Waals surface area contributed by atoms with Crippen LogP contribution < -0.4 is 9.04 Å². The zero-order valence-corrected chi connectivity index (χ0v) is 27.1. The van der Waals surface area contributed by atoms with Crippen molar-refractivity contribution in [1.82, 2.24) is 14.8 Å². The second-order valence-electron chi connectivity index (χ2n) is 12.0. The third kappa shape index (κ3) is 5.10. The average molecular weight is 674 g/mol. The van der Waals surface area contributed by atoms with Gasteiger partial charge >= 0.3 is 0 Å². The highest BCUT2D eigenvalue weighted by Crippen LogP contribution is 2.56. The highest BCUT2D eigenvalue weighted by Gasteiger charge is 2.63. The zero-order chi connectivity index (χ0) is 32.9. The van der Waals surface area contributed by atoms with Gasteiger partial charge < -0.3 is 14.3 Å². The molecular formula is C34H32ClN5O6S. The number of oxazole rings is 1. The number of anilines is 1. The van der Waals surface area contributed by atoms with E-state index in [1.807, 2.05) is 24.3 Å². The Labute approximate surface area is 277 Å². The molecule has 3 aliphatic rings. The molecule has 11 nitrogen and oxygen atoms in total. The molecule has 47 heavy (non-hydrogen) atoms. The third-order valence-corrected chi connectivity index (χ3v) is 11.2. The van der Waals surface area contributed by atoms with E-state index in [2.05, 4.69) is 9.88 Å². The van der Waals surface area contributed by atoms with Crippen molar-refractivity contribution in [2.45, 2.75) is 48.4 Å². The van der Waals surface area contributed by atoms with Gasteiger partial charge in [0, 0.05) is 29.2 Å². The normalized spacial score (nSPS) is 23.3. The Morgan fingerprint density at radius 1 is 1.11 bits per heavy atom. The molecule has 2 fully saturated rings. The van der Waals surface area contributed by atoms with Gasteiger partial charge in [-0.2, -0.15) is 5.26 Å². The smallest absolute Gasteiger partial charge is 0.271 e. The summed E-state index contributed by atoms with van der Waals surface area (Å²) in [5.74, 6) is -0.142. The summed E-state index contributed by atoms with van der Waals surface area (Å²) in [7, 11) is -3.01. The van der Waals surface area contributed by atoms with Gasteiger partial charge in [0.15, 0.2) is 5.54 Å². The lowest BCUT2D eigenvalue weighted by Gasteiger charge is -2.41. The number of nitrogens with zero attached hydrogens (tertiary/aromatic N) is 5. The maximum atomic E-state index is 15.4. The van der Waals surface area contributed by atoms with Gasteiger partial charge in [-0.25, -0.2) is 17.7 Å².